The van der Waals surface area contributed by atoms with Crippen LogP contribution in [-0.4, -0.2) is 26.3 Å². The van der Waals surface area contributed by atoms with Crippen molar-refractivity contribution in [2.24, 2.45) is 5.73 Å². The molecule has 0 aromatic heterocycles. The largest absolute Gasteiger partial charge is 0.326 e. The summed E-state index contributed by atoms with van der Waals surface area (Å²) in [5, 5.41) is 0. The summed E-state index contributed by atoms with van der Waals surface area (Å²) in [5.74, 6) is -0.786. The van der Waals surface area contributed by atoms with Crippen LogP contribution in [-0.2, 0) is 16.6 Å². The zero-order chi connectivity index (χ0) is 13.9. The molecule has 0 aliphatic heterocycles. The molecule has 0 aliphatic carbocycles. The predicted octanol–water partition coefficient (Wildman–Crippen LogP) is 1.48. The maximum absolute atomic E-state index is 13.7. The van der Waals surface area contributed by atoms with Gasteiger partial charge in [-0.1, -0.05) is 18.2 Å². The highest BCUT2D eigenvalue weighted by Crippen LogP contribution is 2.20. The van der Waals surface area contributed by atoms with Gasteiger partial charge in [0.1, 0.15) is 10.7 Å². The molecule has 4 nitrogen and oxygen atoms in total. The van der Waals surface area contributed by atoms with Gasteiger partial charge in [0.15, 0.2) is 0 Å². The lowest BCUT2D eigenvalue weighted by Gasteiger charge is -2.17. The Morgan fingerprint density at radius 3 is 2.56 bits per heavy atom. The molecule has 2 N–H and O–H groups in total. The van der Waals surface area contributed by atoms with E-state index in [9.17, 15) is 12.8 Å². The van der Waals surface area contributed by atoms with E-state index in [4.69, 9.17) is 5.73 Å². The van der Waals surface area contributed by atoms with Crippen LogP contribution >= 0.6 is 0 Å². The second kappa shape index (κ2) is 5.60. The Morgan fingerprint density at radius 2 is 2.11 bits per heavy atom. The van der Waals surface area contributed by atoms with Crippen LogP contribution in [0.4, 0.5) is 4.39 Å². The van der Waals surface area contributed by atoms with Crippen LogP contribution in [0.5, 0.6) is 0 Å². The summed E-state index contributed by atoms with van der Waals surface area (Å²) in [7, 11) is -2.44. The molecule has 100 valence electrons. The summed E-state index contributed by atoms with van der Waals surface area (Å²) in [6.07, 6.45) is 0. The van der Waals surface area contributed by atoms with E-state index in [1.54, 1.807) is 6.92 Å². The van der Waals surface area contributed by atoms with Gasteiger partial charge in [0.2, 0.25) is 10.0 Å². The average molecular weight is 272 g/mol. The van der Waals surface area contributed by atoms with Gasteiger partial charge in [-0.3, -0.25) is 0 Å². The van der Waals surface area contributed by atoms with E-state index in [-0.39, 0.29) is 18.0 Å². The number of halogens is 1. The normalized spacial score (nSPS) is 11.8. The molecular weight excluding hydrogens is 255 g/mol. The van der Waals surface area contributed by atoms with Crippen LogP contribution in [0.2, 0.25) is 0 Å². The number of hydrogen-bond acceptors (Lipinski definition) is 3. The summed E-state index contributed by atoms with van der Waals surface area (Å²) in [6.45, 7) is 5.66. The van der Waals surface area contributed by atoms with Crippen molar-refractivity contribution in [1.29, 1.82) is 0 Å². The zero-order valence-corrected chi connectivity index (χ0v) is 11.3. The zero-order valence-electron chi connectivity index (χ0n) is 10.5. The summed E-state index contributed by atoms with van der Waals surface area (Å²) in [5.41, 5.74) is 6.60. The standard InChI is InChI=1S/C12H17FN2O2S/c1-9(2)8-15(3)18(16,17)12-5-4-10(7-14)6-11(12)13/h4-6H,1,7-8,14H2,2-3H3. The van der Waals surface area contributed by atoms with Gasteiger partial charge in [0.05, 0.1) is 0 Å². The molecule has 0 saturated heterocycles. The van der Waals surface area contributed by atoms with E-state index < -0.39 is 15.8 Å². The molecule has 0 heterocycles. The third-order valence-corrected chi connectivity index (χ3v) is 4.25. The molecule has 0 saturated carbocycles. The van der Waals surface area contributed by atoms with Crippen LogP contribution in [0.3, 0.4) is 0 Å². The first-order valence-corrected chi connectivity index (χ1v) is 6.82. The molecule has 18 heavy (non-hydrogen) atoms. The van der Waals surface area contributed by atoms with E-state index in [2.05, 4.69) is 6.58 Å². The Morgan fingerprint density at radius 1 is 1.50 bits per heavy atom. The summed E-state index contributed by atoms with van der Waals surface area (Å²) in [6, 6.07) is 3.88. The molecular formula is C12H17FN2O2S. The van der Waals surface area contributed by atoms with Gasteiger partial charge in [-0.25, -0.2) is 12.8 Å². The maximum Gasteiger partial charge on any atom is 0.246 e. The summed E-state index contributed by atoms with van der Waals surface area (Å²) >= 11 is 0. The molecule has 0 aliphatic rings. The highest BCUT2D eigenvalue weighted by Gasteiger charge is 2.24. The summed E-state index contributed by atoms with van der Waals surface area (Å²) < 4.78 is 39.0. The fourth-order valence-electron chi connectivity index (χ4n) is 1.51. The predicted molar refractivity (Wildman–Crippen MR) is 68.9 cm³/mol. The van der Waals surface area contributed by atoms with E-state index in [1.807, 2.05) is 0 Å². The molecule has 1 aromatic rings. The number of sulfonamides is 1. The lowest BCUT2D eigenvalue weighted by Crippen LogP contribution is -2.29. The van der Waals surface area contributed by atoms with Gasteiger partial charge in [-0.2, -0.15) is 4.31 Å². The second-order valence-electron chi connectivity index (χ2n) is 4.19. The van der Waals surface area contributed by atoms with Crippen molar-refractivity contribution in [1.82, 2.24) is 4.31 Å². The SMILES string of the molecule is C=C(C)CN(C)S(=O)(=O)c1ccc(CN)cc1F. The highest BCUT2D eigenvalue weighted by molar-refractivity contribution is 7.89. The van der Waals surface area contributed by atoms with Crippen LogP contribution in [0.25, 0.3) is 0 Å². The third kappa shape index (κ3) is 3.16. The Balaban J connectivity index is 3.16. The first-order valence-electron chi connectivity index (χ1n) is 5.38. The smallest absolute Gasteiger partial charge is 0.246 e. The number of rotatable bonds is 5. The molecule has 1 rings (SSSR count). The van der Waals surface area contributed by atoms with Crippen molar-refractivity contribution < 1.29 is 12.8 Å². The maximum atomic E-state index is 13.7. The Labute approximate surface area is 107 Å². The Kier molecular flexibility index (Phi) is 4.61. The van der Waals surface area contributed by atoms with Crippen LogP contribution in [0.1, 0.15) is 12.5 Å². The van der Waals surface area contributed by atoms with Crippen LogP contribution < -0.4 is 5.73 Å². The van der Waals surface area contributed by atoms with Gasteiger partial charge in [-0.05, 0) is 24.6 Å². The van der Waals surface area contributed by atoms with Crippen molar-refractivity contribution in [3.8, 4) is 0 Å². The van der Waals surface area contributed by atoms with E-state index >= 15 is 0 Å². The quantitative estimate of drug-likeness (QED) is 0.826. The number of nitrogens with two attached hydrogens (primary N) is 1. The fraction of sp³-hybridized carbons (Fsp3) is 0.333. The summed E-state index contributed by atoms with van der Waals surface area (Å²) in [4.78, 5) is -0.344. The highest BCUT2D eigenvalue weighted by atomic mass is 32.2. The van der Waals surface area contributed by atoms with Gasteiger partial charge in [0, 0.05) is 20.1 Å². The molecule has 0 fully saturated rings. The minimum absolute atomic E-state index is 0.153. The van der Waals surface area contributed by atoms with Crippen molar-refractivity contribution in [2.45, 2.75) is 18.4 Å². The van der Waals surface area contributed by atoms with E-state index in [1.165, 1.54) is 19.2 Å². The lowest BCUT2D eigenvalue weighted by atomic mass is 10.2. The minimum atomic E-state index is -3.83. The first kappa shape index (κ1) is 14.8. The Bertz CT molecular complexity index is 555. The van der Waals surface area contributed by atoms with Crippen molar-refractivity contribution in [3.63, 3.8) is 0 Å². The van der Waals surface area contributed by atoms with Crippen molar-refractivity contribution >= 4 is 10.0 Å². The van der Waals surface area contributed by atoms with Gasteiger partial charge in [0.25, 0.3) is 0 Å². The molecule has 0 radical (unpaired) electrons. The topological polar surface area (TPSA) is 63.4 Å². The number of nitrogens with zero attached hydrogens (tertiary/aromatic N) is 1. The monoisotopic (exact) mass is 272 g/mol. The van der Waals surface area contributed by atoms with Crippen molar-refractivity contribution in [3.05, 3.63) is 41.7 Å². The molecule has 0 spiro atoms. The number of benzene rings is 1. The number of hydrogen-bond donors (Lipinski definition) is 1. The van der Waals surface area contributed by atoms with Crippen LogP contribution in [0, 0.1) is 5.82 Å². The Hall–Kier alpha value is -1.24. The van der Waals surface area contributed by atoms with E-state index in [0.29, 0.717) is 11.1 Å². The van der Waals surface area contributed by atoms with Gasteiger partial charge in [-0.15, -0.1) is 0 Å². The minimum Gasteiger partial charge on any atom is -0.326 e. The second-order valence-corrected chi connectivity index (χ2v) is 6.20. The third-order valence-electron chi connectivity index (χ3n) is 2.41. The molecule has 1 aromatic carbocycles. The average Bonchev–Trinajstić information content (AvgIpc) is 2.27. The molecule has 0 bridgehead atoms. The van der Waals surface area contributed by atoms with Gasteiger partial charge >= 0.3 is 0 Å². The van der Waals surface area contributed by atoms with E-state index in [0.717, 1.165) is 10.4 Å². The van der Waals surface area contributed by atoms with Gasteiger partial charge < -0.3 is 5.73 Å². The molecule has 0 unspecified atom stereocenters. The molecule has 0 amide bonds. The molecule has 6 heteroatoms. The fourth-order valence-corrected chi connectivity index (χ4v) is 2.78. The lowest BCUT2D eigenvalue weighted by molar-refractivity contribution is 0.483. The van der Waals surface area contributed by atoms with Crippen molar-refractivity contribution in [2.75, 3.05) is 13.6 Å². The van der Waals surface area contributed by atoms with Crippen LogP contribution in [0.15, 0.2) is 35.2 Å². The number of likely N-dealkylation sites (N-methyl/N-ethyl adjacent to an activating group) is 1. The molecule has 0 atom stereocenters. The first-order chi connectivity index (χ1) is 8.28.